The summed E-state index contributed by atoms with van der Waals surface area (Å²) in [6, 6.07) is 12.5. The maximum atomic E-state index is 15.8. The van der Waals surface area contributed by atoms with Gasteiger partial charge in [0.05, 0.1) is 24.6 Å². The quantitative estimate of drug-likeness (QED) is 0.323. The second kappa shape index (κ2) is 10.9. The highest BCUT2D eigenvalue weighted by Crippen LogP contribution is 2.44. The van der Waals surface area contributed by atoms with Gasteiger partial charge in [-0.15, -0.1) is 0 Å². The number of hydrogen-bond acceptors (Lipinski definition) is 9. The number of benzene rings is 2. The van der Waals surface area contributed by atoms with Crippen molar-refractivity contribution in [1.29, 1.82) is 5.26 Å². The number of sulfonamides is 1. The minimum absolute atomic E-state index is 0.0861. The molecule has 0 unspecified atom stereocenters. The van der Waals surface area contributed by atoms with E-state index in [-0.39, 0.29) is 43.5 Å². The second-order valence-corrected chi connectivity index (χ2v) is 13.6. The first kappa shape index (κ1) is 28.4. The third-order valence-electron chi connectivity index (χ3n) is 7.79. The van der Waals surface area contributed by atoms with Crippen LogP contribution < -0.4 is 9.80 Å². The van der Waals surface area contributed by atoms with Gasteiger partial charge in [-0.25, -0.2) is 27.2 Å². The number of aliphatic hydroxyl groups is 1. The molecule has 1 aliphatic heterocycles. The predicted molar refractivity (Wildman–Crippen MR) is 159 cm³/mol. The van der Waals surface area contributed by atoms with E-state index in [0.29, 0.717) is 38.0 Å². The molecule has 1 aliphatic carbocycles. The Morgan fingerprint density at radius 2 is 1.88 bits per heavy atom. The lowest BCUT2D eigenvalue weighted by Gasteiger charge is -2.41. The lowest BCUT2D eigenvalue weighted by atomic mass is 10.1. The van der Waals surface area contributed by atoms with E-state index in [4.69, 9.17) is 4.98 Å². The molecule has 2 aromatic heterocycles. The molecule has 1 N–H and O–H groups in total. The highest BCUT2D eigenvalue weighted by molar-refractivity contribution is 7.88. The zero-order valence-electron chi connectivity index (χ0n) is 23.0. The van der Waals surface area contributed by atoms with Crippen LogP contribution in [0.5, 0.6) is 0 Å². The fraction of sp³-hybridized carbons (Fsp3) is 0.345. The Bertz CT molecular complexity index is 1820. The summed E-state index contributed by atoms with van der Waals surface area (Å²) in [6.07, 6.45) is 3.07. The van der Waals surface area contributed by atoms with Crippen molar-refractivity contribution in [2.45, 2.75) is 24.8 Å². The van der Waals surface area contributed by atoms with Crippen LogP contribution in [0.25, 0.3) is 22.2 Å². The average Bonchev–Trinajstić information content (AvgIpc) is 3.74. The average molecular weight is 611 g/mol. The van der Waals surface area contributed by atoms with E-state index < -0.39 is 21.9 Å². The van der Waals surface area contributed by atoms with E-state index in [2.05, 4.69) is 11.1 Å². The largest absolute Gasteiger partial charge is 0.394 e. The molecule has 1 saturated heterocycles. The van der Waals surface area contributed by atoms with Gasteiger partial charge in [-0.05, 0) is 55.3 Å². The van der Waals surface area contributed by atoms with E-state index in [1.165, 1.54) is 33.8 Å². The van der Waals surface area contributed by atoms with Gasteiger partial charge in [0.25, 0.3) is 0 Å². The Morgan fingerprint density at radius 3 is 2.52 bits per heavy atom. The summed E-state index contributed by atoms with van der Waals surface area (Å²) in [5.41, 5.74) is 3.19. The van der Waals surface area contributed by atoms with Gasteiger partial charge in [-0.1, -0.05) is 11.3 Å². The van der Waals surface area contributed by atoms with Crippen molar-refractivity contribution < 1.29 is 22.3 Å². The molecule has 4 aromatic rings. The van der Waals surface area contributed by atoms with Gasteiger partial charge in [0, 0.05) is 54.9 Å². The van der Waals surface area contributed by atoms with Gasteiger partial charge in [0.1, 0.15) is 28.0 Å². The van der Waals surface area contributed by atoms with Gasteiger partial charge in [-0.3, -0.25) is 0 Å². The van der Waals surface area contributed by atoms with Gasteiger partial charge in [0.2, 0.25) is 10.0 Å². The molecule has 0 bridgehead atoms. The van der Waals surface area contributed by atoms with Crippen molar-refractivity contribution in [3.8, 4) is 17.3 Å². The molecule has 1 saturated carbocycles. The Kier molecular flexibility index (Phi) is 7.34. The molecule has 2 fully saturated rings. The van der Waals surface area contributed by atoms with Crippen molar-refractivity contribution >= 4 is 48.8 Å². The Hall–Kier alpha value is -3.70. The monoisotopic (exact) mass is 610 g/mol. The fourth-order valence-corrected chi connectivity index (χ4v) is 7.08. The summed E-state index contributed by atoms with van der Waals surface area (Å²) in [5.74, 6) is -0.672. The Morgan fingerprint density at radius 1 is 1.14 bits per heavy atom. The van der Waals surface area contributed by atoms with E-state index in [1.54, 1.807) is 19.2 Å². The molecule has 0 amide bonds. The highest BCUT2D eigenvalue weighted by atomic mass is 32.2. The summed E-state index contributed by atoms with van der Waals surface area (Å²) >= 11 is 1.18. The molecule has 9 nitrogen and oxygen atoms in total. The van der Waals surface area contributed by atoms with Crippen LogP contribution in [0.2, 0.25) is 0 Å². The van der Waals surface area contributed by atoms with Gasteiger partial charge < -0.3 is 14.9 Å². The maximum Gasteiger partial charge on any atom is 0.211 e. The number of halogens is 2. The van der Waals surface area contributed by atoms with Crippen LogP contribution in [-0.4, -0.2) is 73.4 Å². The van der Waals surface area contributed by atoms with Crippen LogP contribution >= 0.6 is 11.3 Å². The molecule has 3 heterocycles. The first-order valence-corrected chi connectivity index (χ1v) is 16.1. The van der Waals surface area contributed by atoms with Crippen molar-refractivity contribution in [1.82, 2.24) is 14.3 Å². The number of piperazine rings is 1. The molecular weight excluding hydrogens is 582 g/mol. The number of anilines is 3. The number of aliphatic hydroxyl groups excluding tert-OH is 1. The normalized spacial score (nSPS) is 17.9. The first-order chi connectivity index (χ1) is 20.1. The summed E-state index contributed by atoms with van der Waals surface area (Å²) in [7, 11) is -1.64. The number of pyridine rings is 1. The van der Waals surface area contributed by atoms with E-state index in [9.17, 15) is 23.2 Å². The molecule has 2 aliphatic rings. The summed E-state index contributed by atoms with van der Waals surface area (Å²) in [5, 5.41) is 21.0. The Balaban J connectivity index is 1.45. The molecule has 1 atom stereocenters. The maximum absolute atomic E-state index is 15.8. The first-order valence-electron chi connectivity index (χ1n) is 13.4. The number of hydrogen-bond donors (Lipinski definition) is 1. The van der Waals surface area contributed by atoms with Crippen molar-refractivity contribution in [2.75, 3.05) is 49.3 Å². The molecule has 0 radical (unpaired) electrons. The third-order valence-corrected chi connectivity index (χ3v) is 10.1. The predicted octanol–water partition coefficient (Wildman–Crippen LogP) is 4.60. The molecule has 6 rings (SSSR count). The second-order valence-electron chi connectivity index (χ2n) is 10.7. The summed E-state index contributed by atoms with van der Waals surface area (Å²) in [6.45, 7) is 0.270. The topological polar surface area (TPSA) is 114 Å². The van der Waals surface area contributed by atoms with Crippen LogP contribution in [0, 0.1) is 23.0 Å². The van der Waals surface area contributed by atoms with Crippen molar-refractivity contribution in [3.05, 3.63) is 64.7 Å². The van der Waals surface area contributed by atoms with Crippen molar-refractivity contribution in [2.24, 2.45) is 0 Å². The Labute approximate surface area is 246 Å². The lowest BCUT2D eigenvalue weighted by molar-refractivity contribution is 0.218. The zero-order valence-corrected chi connectivity index (χ0v) is 24.6. The molecule has 218 valence electrons. The smallest absolute Gasteiger partial charge is 0.211 e. The standard InChI is InChI=1S/C29H28F2N6O3S2/c1-35(29-34-27(26(14-32)41-29)18-5-7-19(30)8-6-18)25-13-24(17-3-4-17)33-28-22(25)11-20(12-23(28)31)37-10-9-36(42(2,39)40)15-21(37)16-38/h5-8,11-13,17,21,38H,3-4,9-10,15-16H2,1-2H3/t21-/m0/s1. The van der Waals surface area contributed by atoms with Crippen LogP contribution in [-0.2, 0) is 10.0 Å². The van der Waals surface area contributed by atoms with Gasteiger partial charge >= 0.3 is 0 Å². The van der Waals surface area contributed by atoms with Crippen LogP contribution in [0.3, 0.4) is 0 Å². The SMILES string of the molecule is CN(c1nc(-c2ccc(F)cc2)c(C#N)s1)c1cc(C2CC2)nc2c(F)cc(N3CCN(S(C)(=O)=O)C[C@H]3CO)cc12. The number of nitriles is 1. The summed E-state index contributed by atoms with van der Waals surface area (Å²) < 4.78 is 54.9. The van der Waals surface area contributed by atoms with Crippen LogP contribution in [0.1, 0.15) is 29.3 Å². The highest BCUT2D eigenvalue weighted by Gasteiger charge is 2.33. The number of nitrogens with zero attached hydrogens (tertiary/aromatic N) is 6. The van der Waals surface area contributed by atoms with Crippen LogP contribution in [0.4, 0.5) is 25.3 Å². The third kappa shape index (κ3) is 5.31. The number of thiazole rings is 1. The van der Waals surface area contributed by atoms with E-state index >= 15 is 4.39 Å². The number of aromatic nitrogens is 2. The summed E-state index contributed by atoms with van der Waals surface area (Å²) in [4.78, 5) is 13.4. The van der Waals surface area contributed by atoms with Crippen molar-refractivity contribution in [3.63, 3.8) is 0 Å². The van der Waals surface area contributed by atoms with Gasteiger partial charge in [0.15, 0.2) is 10.9 Å². The van der Waals surface area contributed by atoms with E-state index in [0.717, 1.165) is 24.8 Å². The van der Waals surface area contributed by atoms with Gasteiger partial charge in [-0.2, -0.15) is 9.57 Å². The molecule has 42 heavy (non-hydrogen) atoms. The van der Waals surface area contributed by atoms with E-state index in [1.807, 2.05) is 21.9 Å². The minimum Gasteiger partial charge on any atom is -0.394 e. The molecule has 2 aromatic carbocycles. The van der Waals surface area contributed by atoms with Crippen LogP contribution in [0.15, 0.2) is 42.5 Å². The number of rotatable bonds is 7. The molecule has 13 heteroatoms. The fourth-order valence-electron chi connectivity index (χ4n) is 5.36. The minimum atomic E-state index is -3.44. The molecular formula is C29H28F2N6O3S2. The number of fused-ring (bicyclic) bond motifs is 1. The zero-order chi connectivity index (χ0) is 29.8. The lowest BCUT2D eigenvalue weighted by Crippen LogP contribution is -2.56. The molecule has 0 spiro atoms.